The lowest BCUT2D eigenvalue weighted by atomic mass is 10.0. The molecule has 0 spiro atoms. The van der Waals surface area contributed by atoms with Crippen LogP contribution < -0.4 is 0 Å². The molecule has 0 saturated carbocycles. The van der Waals surface area contributed by atoms with E-state index in [-0.39, 0.29) is 0 Å². The molecule has 2 aromatic carbocycles. The van der Waals surface area contributed by atoms with Crippen LogP contribution in [-0.2, 0) is 16.4 Å². The molecule has 0 aliphatic carbocycles. The highest BCUT2D eigenvalue weighted by molar-refractivity contribution is 7.99. The topological polar surface area (TPSA) is 37.4 Å². The summed E-state index contributed by atoms with van der Waals surface area (Å²) in [6.45, 7) is 4.72. The highest BCUT2D eigenvalue weighted by atomic mass is 32.2. The number of hydrogen-bond donors (Lipinski definition) is 0. The molecule has 0 aromatic heterocycles. The summed E-state index contributed by atoms with van der Waals surface area (Å²) in [5, 5.41) is 0. The molecule has 0 N–H and O–H groups in total. The fraction of sp³-hybridized carbons (Fsp3) is 0.294. The summed E-state index contributed by atoms with van der Waals surface area (Å²) in [7, 11) is -3.39. The van der Waals surface area contributed by atoms with Crippen molar-refractivity contribution in [1.29, 1.82) is 0 Å². The number of fused-ring (bicyclic) bond motifs is 2. The van der Waals surface area contributed by atoms with Crippen LogP contribution in [-0.4, -0.2) is 25.8 Å². The quantitative estimate of drug-likeness (QED) is 0.729. The Hall–Kier alpha value is -1.30. The maximum absolute atomic E-state index is 12.6. The van der Waals surface area contributed by atoms with Crippen molar-refractivity contribution in [1.82, 2.24) is 4.31 Å². The van der Waals surface area contributed by atoms with Crippen LogP contribution in [0.1, 0.15) is 25.0 Å². The molecule has 3 rings (SSSR count). The fourth-order valence-corrected chi connectivity index (χ4v) is 5.30. The molecule has 0 unspecified atom stereocenters. The Morgan fingerprint density at radius 1 is 1.00 bits per heavy atom. The summed E-state index contributed by atoms with van der Waals surface area (Å²) in [5.74, 6) is 0. The van der Waals surface area contributed by atoms with Gasteiger partial charge in [0.2, 0.25) is 10.0 Å². The second kappa shape index (κ2) is 6.07. The van der Waals surface area contributed by atoms with Crippen LogP contribution >= 0.6 is 11.8 Å². The van der Waals surface area contributed by atoms with Crippen LogP contribution in [0.25, 0.3) is 0 Å². The fourth-order valence-electron chi connectivity index (χ4n) is 2.74. The van der Waals surface area contributed by atoms with Gasteiger partial charge in [-0.25, -0.2) is 8.42 Å². The Bertz CT molecular complexity index is 796. The van der Waals surface area contributed by atoms with Gasteiger partial charge in [0.25, 0.3) is 0 Å². The first kappa shape index (κ1) is 15.6. The molecule has 3 nitrogen and oxygen atoms in total. The minimum absolute atomic E-state index is 0.398. The Morgan fingerprint density at radius 2 is 1.68 bits per heavy atom. The van der Waals surface area contributed by atoms with Crippen molar-refractivity contribution in [3.8, 4) is 0 Å². The van der Waals surface area contributed by atoms with E-state index in [2.05, 4.69) is 12.1 Å². The van der Waals surface area contributed by atoms with Crippen LogP contribution in [0.5, 0.6) is 0 Å². The average molecular weight is 333 g/mol. The van der Waals surface area contributed by atoms with Crippen LogP contribution in [0.4, 0.5) is 0 Å². The Morgan fingerprint density at radius 3 is 2.41 bits per heavy atom. The first-order valence-electron chi connectivity index (χ1n) is 7.45. The predicted molar refractivity (Wildman–Crippen MR) is 89.9 cm³/mol. The van der Waals surface area contributed by atoms with Crippen molar-refractivity contribution in [2.45, 2.75) is 35.0 Å². The molecule has 1 heterocycles. The summed E-state index contributed by atoms with van der Waals surface area (Å²) >= 11 is 1.71. The van der Waals surface area contributed by atoms with E-state index in [1.807, 2.05) is 38.1 Å². The zero-order valence-electron chi connectivity index (χ0n) is 12.7. The lowest BCUT2D eigenvalue weighted by Crippen LogP contribution is -2.30. The van der Waals surface area contributed by atoms with Crippen molar-refractivity contribution in [3.05, 3.63) is 53.6 Å². The van der Waals surface area contributed by atoms with Crippen molar-refractivity contribution < 1.29 is 8.42 Å². The third-order valence-electron chi connectivity index (χ3n) is 3.95. The van der Waals surface area contributed by atoms with E-state index in [4.69, 9.17) is 0 Å². The molecule has 0 radical (unpaired) electrons. The molecule has 22 heavy (non-hydrogen) atoms. The normalized spacial score (nSPS) is 13.8. The maximum Gasteiger partial charge on any atom is 0.243 e. The van der Waals surface area contributed by atoms with Gasteiger partial charge in [0, 0.05) is 22.9 Å². The second-order valence-corrected chi connectivity index (χ2v) is 8.27. The SMILES string of the molecule is CCN(CC)S(=O)(=O)c1ccc2c(c1)Cc1ccccc1S2. The molecule has 0 fully saturated rings. The zero-order chi connectivity index (χ0) is 15.7. The Balaban J connectivity index is 2.00. The Labute approximate surface area is 136 Å². The van der Waals surface area contributed by atoms with E-state index in [1.54, 1.807) is 17.8 Å². The highest BCUT2D eigenvalue weighted by Gasteiger charge is 2.24. The van der Waals surface area contributed by atoms with Gasteiger partial charge < -0.3 is 0 Å². The van der Waals surface area contributed by atoms with Crippen LogP contribution in [0.15, 0.2) is 57.2 Å². The number of rotatable bonds is 4. The molecule has 0 saturated heterocycles. The summed E-state index contributed by atoms with van der Waals surface area (Å²) in [5.41, 5.74) is 2.36. The number of sulfonamides is 1. The lowest BCUT2D eigenvalue weighted by Gasteiger charge is -2.22. The van der Waals surface area contributed by atoms with Gasteiger partial charge >= 0.3 is 0 Å². The van der Waals surface area contributed by atoms with E-state index >= 15 is 0 Å². The summed E-state index contributed by atoms with van der Waals surface area (Å²) in [6.07, 6.45) is 0.792. The van der Waals surface area contributed by atoms with Gasteiger partial charge in [0.15, 0.2) is 0 Å². The highest BCUT2D eigenvalue weighted by Crippen LogP contribution is 2.40. The van der Waals surface area contributed by atoms with E-state index in [0.717, 1.165) is 16.9 Å². The largest absolute Gasteiger partial charge is 0.243 e. The molecule has 5 heteroatoms. The first-order valence-corrected chi connectivity index (χ1v) is 9.70. The molecule has 2 aromatic rings. The van der Waals surface area contributed by atoms with E-state index < -0.39 is 10.0 Å². The van der Waals surface area contributed by atoms with Crippen molar-refractivity contribution >= 4 is 21.8 Å². The number of hydrogen-bond acceptors (Lipinski definition) is 3. The average Bonchev–Trinajstić information content (AvgIpc) is 2.53. The third kappa shape index (κ3) is 2.69. The van der Waals surface area contributed by atoms with Crippen molar-refractivity contribution in [3.63, 3.8) is 0 Å². The zero-order valence-corrected chi connectivity index (χ0v) is 14.4. The van der Waals surface area contributed by atoms with Crippen LogP contribution in [0, 0.1) is 0 Å². The standard InChI is InChI=1S/C17H19NO2S2/c1-3-18(4-2)22(19,20)15-9-10-17-14(12-15)11-13-7-5-6-8-16(13)21-17/h5-10,12H,3-4,11H2,1-2H3. The van der Waals surface area contributed by atoms with Crippen LogP contribution in [0.3, 0.4) is 0 Å². The van der Waals surface area contributed by atoms with Gasteiger partial charge in [-0.1, -0.05) is 43.8 Å². The van der Waals surface area contributed by atoms with Gasteiger partial charge in [0.1, 0.15) is 0 Å². The van der Waals surface area contributed by atoms with Gasteiger partial charge in [-0.2, -0.15) is 4.31 Å². The monoisotopic (exact) mass is 333 g/mol. The molecular weight excluding hydrogens is 314 g/mol. The van der Waals surface area contributed by atoms with Crippen molar-refractivity contribution in [2.75, 3.05) is 13.1 Å². The molecule has 0 amide bonds. The summed E-state index contributed by atoms with van der Waals surface area (Å²) in [6, 6.07) is 13.8. The summed E-state index contributed by atoms with van der Waals surface area (Å²) < 4.78 is 26.8. The minimum Gasteiger partial charge on any atom is -0.207 e. The van der Waals surface area contributed by atoms with Gasteiger partial charge in [-0.05, 0) is 41.8 Å². The summed E-state index contributed by atoms with van der Waals surface area (Å²) in [4.78, 5) is 2.81. The van der Waals surface area contributed by atoms with Gasteiger partial charge in [-0.3, -0.25) is 0 Å². The molecule has 0 atom stereocenters. The van der Waals surface area contributed by atoms with Crippen LogP contribution in [0.2, 0.25) is 0 Å². The number of nitrogens with zero attached hydrogens (tertiary/aromatic N) is 1. The van der Waals surface area contributed by atoms with E-state index in [9.17, 15) is 8.42 Å². The first-order chi connectivity index (χ1) is 10.6. The van der Waals surface area contributed by atoms with Gasteiger partial charge in [-0.15, -0.1) is 0 Å². The predicted octanol–water partition coefficient (Wildman–Crippen LogP) is 3.77. The lowest BCUT2D eigenvalue weighted by molar-refractivity contribution is 0.445. The molecular formula is C17H19NO2S2. The Kier molecular flexibility index (Phi) is 4.30. The smallest absolute Gasteiger partial charge is 0.207 e. The molecule has 0 bridgehead atoms. The van der Waals surface area contributed by atoms with Gasteiger partial charge in [0.05, 0.1) is 4.90 Å². The molecule has 1 aliphatic rings. The van der Waals surface area contributed by atoms with E-state index in [0.29, 0.717) is 18.0 Å². The molecule has 1 aliphatic heterocycles. The maximum atomic E-state index is 12.6. The second-order valence-electron chi connectivity index (χ2n) is 5.25. The minimum atomic E-state index is -3.39. The van der Waals surface area contributed by atoms with E-state index in [1.165, 1.54) is 14.8 Å². The molecule has 116 valence electrons. The third-order valence-corrected chi connectivity index (χ3v) is 7.23. The van der Waals surface area contributed by atoms with Crippen molar-refractivity contribution in [2.24, 2.45) is 0 Å². The number of benzene rings is 2.